The Morgan fingerprint density at radius 1 is 1.02 bits per heavy atom. The van der Waals surface area contributed by atoms with E-state index in [-0.39, 0.29) is 35.8 Å². The summed E-state index contributed by atoms with van der Waals surface area (Å²) in [6.45, 7) is 6.37. The summed E-state index contributed by atoms with van der Waals surface area (Å²) < 4.78 is 59.2. The minimum Gasteiger partial charge on any atom is -0.465 e. The third-order valence-electron chi connectivity index (χ3n) is 9.80. The molecule has 5 rings (SSSR count). The number of methoxy groups -OCH3 is 1. The molecule has 0 N–H and O–H groups in total. The van der Waals surface area contributed by atoms with Gasteiger partial charge in [-0.15, -0.1) is 0 Å². The highest BCUT2D eigenvalue weighted by atomic mass is 19.4. The Morgan fingerprint density at radius 3 is 2.32 bits per heavy atom. The number of hydrogen-bond donors (Lipinski definition) is 0. The fourth-order valence-corrected chi connectivity index (χ4v) is 7.30. The smallest absolute Gasteiger partial charge is 0.416 e. The molecule has 1 aliphatic carbocycles. The Morgan fingerprint density at radius 2 is 1.71 bits per heavy atom. The van der Waals surface area contributed by atoms with Crippen LogP contribution in [0.4, 0.5) is 17.6 Å². The van der Waals surface area contributed by atoms with Crippen LogP contribution in [0.1, 0.15) is 84.5 Å². The standard InChI is InChI=1S/C32H38F4N2O3/c1-20(2)31(12-8-26(18-31)37-13-9-22(10-14-37)21-4-6-25(33)7-5-21)30(40)38-15-11-27-23(19-38)16-24(32(34,35)36)17-28(27)29(39)41-3/h4-7,16-17,20,22,26H,8-15,18-19H2,1-3H3/t26-,31+/m1/s1. The molecule has 3 aliphatic rings. The van der Waals surface area contributed by atoms with Crippen LogP contribution in [0.5, 0.6) is 0 Å². The summed E-state index contributed by atoms with van der Waals surface area (Å²) in [4.78, 5) is 30.7. The van der Waals surface area contributed by atoms with E-state index in [1.807, 2.05) is 12.1 Å². The van der Waals surface area contributed by atoms with Gasteiger partial charge in [-0.2, -0.15) is 13.2 Å². The first-order valence-corrected chi connectivity index (χ1v) is 14.5. The van der Waals surface area contributed by atoms with Gasteiger partial charge in [0.2, 0.25) is 5.91 Å². The van der Waals surface area contributed by atoms with Crippen molar-refractivity contribution < 1.29 is 31.9 Å². The molecule has 2 aromatic carbocycles. The van der Waals surface area contributed by atoms with Crippen LogP contribution in [0.15, 0.2) is 36.4 Å². The van der Waals surface area contributed by atoms with Crippen LogP contribution in [-0.2, 0) is 28.7 Å². The molecule has 0 aromatic heterocycles. The maximum Gasteiger partial charge on any atom is 0.416 e. The average molecular weight is 575 g/mol. The number of hydrogen-bond acceptors (Lipinski definition) is 4. The van der Waals surface area contributed by atoms with Gasteiger partial charge in [0.15, 0.2) is 0 Å². The molecular weight excluding hydrogens is 536 g/mol. The molecule has 2 fully saturated rings. The molecule has 0 bridgehead atoms. The molecule has 2 atom stereocenters. The van der Waals surface area contributed by atoms with Crippen molar-refractivity contribution in [2.75, 3.05) is 26.7 Å². The second-order valence-electron chi connectivity index (χ2n) is 12.2. The fraction of sp³-hybridized carbons (Fsp3) is 0.562. The third-order valence-corrected chi connectivity index (χ3v) is 9.80. The first-order valence-electron chi connectivity index (χ1n) is 14.5. The van der Waals surface area contributed by atoms with Gasteiger partial charge in [-0.05, 0) is 104 Å². The van der Waals surface area contributed by atoms with E-state index in [0.29, 0.717) is 30.0 Å². The van der Waals surface area contributed by atoms with Gasteiger partial charge in [0.1, 0.15) is 5.82 Å². The second-order valence-corrected chi connectivity index (χ2v) is 12.2. The highest BCUT2D eigenvalue weighted by Crippen LogP contribution is 2.49. The van der Waals surface area contributed by atoms with E-state index in [1.165, 1.54) is 17.7 Å². The number of carbonyl (C=O) groups is 2. The van der Waals surface area contributed by atoms with Crippen LogP contribution in [0, 0.1) is 17.2 Å². The first-order chi connectivity index (χ1) is 19.4. The van der Waals surface area contributed by atoms with E-state index < -0.39 is 23.1 Å². The number of carbonyl (C=O) groups excluding carboxylic acids is 2. The molecule has 0 unspecified atom stereocenters. The number of amides is 1. The number of likely N-dealkylation sites (tertiary alicyclic amines) is 1. The molecule has 2 aromatic rings. The third kappa shape index (κ3) is 5.74. The Balaban J connectivity index is 1.31. The molecule has 0 radical (unpaired) electrons. The summed E-state index contributed by atoms with van der Waals surface area (Å²) in [5.41, 5.74) is 0.487. The van der Waals surface area contributed by atoms with Gasteiger partial charge in [-0.3, -0.25) is 4.79 Å². The highest BCUT2D eigenvalue weighted by molar-refractivity contribution is 5.92. The van der Waals surface area contributed by atoms with Crippen molar-refractivity contribution in [3.05, 3.63) is 70.0 Å². The number of halogens is 4. The Kier molecular flexibility index (Phi) is 8.21. The van der Waals surface area contributed by atoms with E-state index in [1.54, 1.807) is 4.90 Å². The van der Waals surface area contributed by atoms with Crippen LogP contribution in [0.25, 0.3) is 0 Å². The Labute approximate surface area is 238 Å². The van der Waals surface area contributed by atoms with E-state index in [4.69, 9.17) is 4.74 Å². The number of alkyl halides is 3. The van der Waals surface area contributed by atoms with Crippen LogP contribution in [0.2, 0.25) is 0 Å². The minimum atomic E-state index is -4.62. The monoisotopic (exact) mass is 574 g/mol. The second kappa shape index (κ2) is 11.4. The van der Waals surface area contributed by atoms with Gasteiger partial charge in [0, 0.05) is 19.1 Å². The molecule has 2 aliphatic heterocycles. The van der Waals surface area contributed by atoms with E-state index in [0.717, 1.165) is 64.4 Å². The molecule has 2 heterocycles. The summed E-state index contributed by atoms with van der Waals surface area (Å²) >= 11 is 0. The van der Waals surface area contributed by atoms with Gasteiger partial charge in [-0.1, -0.05) is 26.0 Å². The molecule has 1 saturated carbocycles. The molecule has 1 saturated heterocycles. The van der Waals surface area contributed by atoms with Crippen molar-refractivity contribution in [1.82, 2.24) is 9.80 Å². The topological polar surface area (TPSA) is 49.9 Å². The zero-order valence-electron chi connectivity index (χ0n) is 23.9. The van der Waals surface area contributed by atoms with Crippen LogP contribution < -0.4 is 0 Å². The molecule has 1 amide bonds. The minimum absolute atomic E-state index is 0.00104. The summed E-state index contributed by atoms with van der Waals surface area (Å²) in [5, 5.41) is 0. The van der Waals surface area contributed by atoms with E-state index in [9.17, 15) is 27.2 Å². The number of esters is 1. The van der Waals surface area contributed by atoms with Crippen molar-refractivity contribution >= 4 is 11.9 Å². The number of ether oxygens (including phenoxy) is 1. The maximum absolute atomic E-state index is 14.2. The van der Waals surface area contributed by atoms with Crippen molar-refractivity contribution in [3.63, 3.8) is 0 Å². The lowest BCUT2D eigenvalue weighted by atomic mass is 9.73. The first kappa shape index (κ1) is 29.5. The van der Waals surface area contributed by atoms with Crippen LogP contribution >= 0.6 is 0 Å². The zero-order chi connectivity index (χ0) is 29.5. The van der Waals surface area contributed by atoms with E-state index in [2.05, 4.69) is 18.7 Å². The molecule has 41 heavy (non-hydrogen) atoms. The van der Waals surface area contributed by atoms with Crippen LogP contribution in [0.3, 0.4) is 0 Å². The fourth-order valence-electron chi connectivity index (χ4n) is 7.30. The van der Waals surface area contributed by atoms with Crippen molar-refractivity contribution in [2.24, 2.45) is 11.3 Å². The van der Waals surface area contributed by atoms with Gasteiger partial charge >= 0.3 is 12.1 Å². The Bertz CT molecular complexity index is 1290. The van der Waals surface area contributed by atoms with Crippen LogP contribution in [-0.4, -0.2) is 54.5 Å². The van der Waals surface area contributed by atoms with Gasteiger partial charge in [-0.25, -0.2) is 9.18 Å². The quantitative estimate of drug-likeness (QED) is 0.299. The SMILES string of the molecule is COC(=O)c1cc(C(F)(F)F)cc2c1CCN(C(=O)[C@@]1(C(C)C)CC[C@@H](N3CCC(c4ccc(F)cc4)CC3)C1)C2. The number of fused-ring (bicyclic) bond motifs is 1. The summed E-state index contributed by atoms with van der Waals surface area (Å²) in [7, 11) is 1.15. The van der Waals surface area contributed by atoms with Crippen molar-refractivity contribution in [3.8, 4) is 0 Å². The van der Waals surface area contributed by atoms with Gasteiger partial charge in [0.05, 0.1) is 23.7 Å². The predicted octanol–water partition coefficient (Wildman–Crippen LogP) is 6.59. The summed E-state index contributed by atoms with van der Waals surface area (Å²) in [6, 6.07) is 8.98. The summed E-state index contributed by atoms with van der Waals surface area (Å²) in [6.07, 6.45) is 0.0233. The number of rotatable bonds is 5. The predicted molar refractivity (Wildman–Crippen MR) is 147 cm³/mol. The van der Waals surface area contributed by atoms with Crippen molar-refractivity contribution in [1.29, 1.82) is 0 Å². The average Bonchev–Trinajstić information content (AvgIpc) is 3.42. The lowest BCUT2D eigenvalue weighted by Gasteiger charge is -2.41. The normalized spacial score (nSPS) is 24.0. The number of benzene rings is 2. The van der Waals surface area contributed by atoms with Gasteiger partial charge in [0.25, 0.3) is 0 Å². The Hall–Kier alpha value is -2.94. The largest absolute Gasteiger partial charge is 0.465 e. The van der Waals surface area contributed by atoms with E-state index >= 15 is 0 Å². The lowest BCUT2D eigenvalue weighted by Crippen LogP contribution is -2.49. The zero-order valence-corrected chi connectivity index (χ0v) is 23.9. The maximum atomic E-state index is 14.2. The number of piperidine rings is 1. The highest BCUT2D eigenvalue weighted by Gasteiger charge is 2.51. The molecular formula is C32H38F4N2O3. The number of nitrogens with zero attached hydrogens (tertiary/aromatic N) is 2. The van der Waals surface area contributed by atoms with Gasteiger partial charge < -0.3 is 14.5 Å². The molecule has 222 valence electrons. The summed E-state index contributed by atoms with van der Waals surface area (Å²) in [5.74, 6) is -0.555. The molecule has 5 nitrogen and oxygen atoms in total. The molecule has 9 heteroatoms. The van der Waals surface area contributed by atoms with Crippen molar-refractivity contribution in [2.45, 2.75) is 77.1 Å². The molecule has 0 spiro atoms. The lowest BCUT2D eigenvalue weighted by molar-refractivity contribution is -0.146.